The minimum Gasteiger partial charge on any atom is -0.341 e. The summed E-state index contributed by atoms with van der Waals surface area (Å²) in [7, 11) is 1.97. The topological polar surface area (TPSA) is 87.6 Å². The lowest BCUT2D eigenvalue weighted by Crippen LogP contribution is -2.31. The minimum atomic E-state index is -0.209. The van der Waals surface area contributed by atoms with Crippen LogP contribution in [0.15, 0.2) is 24.3 Å². The molecule has 0 fully saturated rings. The maximum Gasteiger partial charge on any atom is 0.272 e. The van der Waals surface area contributed by atoms with Crippen molar-refractivity contribution < 1.29 is 4.79 Å². The summed E-state index contributed by atoms with van der Waals surface area (Å²) in [5, 5.41) is 13.5. The molecule has 3 heterocycles. The SMILES string of the molecule is CC(NC(=O)c1n[nH]c2c1CNCC2)c1nc2ccccc2n1C.Cl.Cl. The number of amides is 1. The molecular weight excluding hydrogens is 375 g/mol. The van der Waals surface area contributed by atoms with E-state index in [1.54, 1.807) is 0 Å². The third-order valence-corrected chi connectivity index (χ3v) is 4.58. The van der Waals surface area contributed by atoms with E-state index >= 15 is 0 Å². The zero-order chi connectivity index (χ0) is 16.7. The van der Waals surface area contributed by atoms with E-state index in [-0.39, 0.29) is 36.8 Å². The molecule has 2 aromatic heterocycles. The Hall–Kier alpha value is -2.09. The van der Waals surface area contributed by atoms with E-state index in [0.717, 1.165) is 41.1 Å². The molecule has 26 heavy (non-hydrogen) atoms. The molecule has 0 radical (unpaired) electrons. The van der Waals surface area contributed by atoms with Gasteiger partial charge in [-0.25, -0.2) is 4.98 Å². The molecule has 1 unspecified atom stereocenters. The van der Waals surface area contributed by atoms with E-state index in [1.165, 1.54) is 0 Å². The van der Waals surface area contributed by atoms with Gasteiger partial charge in [-0.2, -0.15) is 5.10 Å². The molecule has 1 aliphatic heterocycles. The van der Waals surface area contributed by atoms with E-state index < -0.39 is 0 Å². The van der Waals surface area contributed by atoms with Crippen LogP contribution >= 0.6 is 24.8 Å². The number of nitrogens with one attached hydrogen (secondary N) is 3. The first-order chi connectivity index (χ1) is 11.6. The van der Waals surface area contributed by atoms with Gasteiger partial charge in [-0.3, -0.25) is 9.89 Å². The highest BCUT2D eigenvalue weighted by Gasteiger charge is 2.24. The summed E-state index contributed by atoms with van der Waals surface area (Å²) in [6.45, 7) is 3.53. The van der Waals surface area contributed by atoms with E-state index in [4.69, 9.17) is 0 Å². The van der Waals surface area contributed by atoms with Crippen molar-refractivity contribution in [3.63, 3.8) is 0 Å². The Balaban J connectivity index is 0.00000121. The molecule has 0 saturated heterocycles. The lowest BCUT2D eigenvalue weighted by atomic mass is 10.1. The number of aryl methyl sites for hydroxylation is 1. The number of carbonyl (C=O) groups excluding carboxylic acids is 1. The van der Waals surface area contributed by atoms with Crippen molar-refractivity contribution in [1.29, 1.82) is 0 Å². The van der Waals surface area contributed by atoms with Crippen LogP contribution < -0.4 is 10.6 Å². The van der Waals surface area contributed by atoms with Gasteiger partial charge in [0.2, 0.25) is 0 Å². The third-order valence-electron chi connectivity index (χ3n) is 4.58. The number of benzene rings is 1. The summed E-state index contributed by atoms with van der Waals surface area (Å²) < 4.78 is 2.02. The van der Waals surface area contributed by atoms with E-state index in [2.05, 4.69) is 25.8 Å². The fourth-order valence-corrected chi connectivity index (χ4v) is 3.29. The van der Waals surface area contributed by atoms with Crippen molar-refractivity contribution in [3.05, 3.63) is 47.0 Å². The van der Waals surface area contributed by atoms with Crippen LogP contribution in [-0.4, -0.2) is 32.2 Å². The minimum absolute atomic E-state index is 0. The van der Waals surface area contributed by atoms with Gasteiger partial charge in [-0.1, -0.05) is 12.1 Å². The van der Waals surface area contributed by atoms with Crippen LogP contribution in [0.3, 0.4) is 0 Å². The Kier molecular flexibility index (Phi) is 6.28. The Morgan fingerprint density at radius 3 is 2.85 bits per heavy atom. The second kappa shape index (κ2) is 8.07. The molecular formula is C17H22Cl2N6O. The van der Waals surface area contributed by atoms with Crippen molar-refractivity contribution in [1.82, 2.24) is 30.4 Å². The van der Waals surface area contributed by atoms with Crippen LogP contribution in [0, 0.1) is 0 Å². The van der Waals surface area contributed by atoms with Gasteiger partial charge in [0.05, 0.1) is 17.1 Å². The van der Waals surface area contributed by atoms with E-state index in [0.29, 0.717) is 12.2 Å². The average Bonchev–Trinajstić information content (AvgIpc) is 3.17. The number of para-hydroxylation sites is 2. The third kappa shape index (κ3) is 3.42. The lowest BCUT2D eigenvalue weighted by Gasteiger charge is -2.15. The molecule has 7 nitrogen and oxygen atoms in total. The van der Waals surface area contributed by atoms with Gasteiger partial charge in [-0.05, 0) is 19.1 Å². The predicted octanol–water partition coefficient (Wildman–Crippen LogP) is 2.28. The number of carbonyl (C=O) groups is 1. The first-order valence-electron chi connectivity index (χ1n) is 8.14. The van der Waals surface area contributed by atoms with Crippen LogP contribution in [0.2, 0.25) is 0 Å². The molecule has 3 aromatic rings. The van der Waals surface area contributed by atoms with Crippen LogP contribution in [-0.2, 0) is 20.0 Å². The van der Waals surface area contributed by atoms with Gasteiger partial charge in [0.15, 0.2) is 5.69 Å². The Morgan fingerprint density at radius 2 is 2.08 bits per heavy atom. The number of hydrogen-bond donors (Lipinski definition) is 3. The van der Waals surface area contributed by atoms with Crippen LogP contribution in [0.4, 0.5) is 0 Å². The van der Waals surface area contributed by atoms with Crippen LogP contribution in [0.25, 0.3) is 11.0 Å². The van der Waals surface area contributed by atoms with Gasteiger partial charge >= 0.3 is 0 Å². The van der Waals surface area contributed by atoms with Crippen molar-refractivity contribution in [2.75, 3.05) is 6.54 Å². The normalized spacial score (nSPS) is 14.1. The number of aromatic amines is 1. The molecule has 0 aliphatic carbocycles. The number of aromatic nitrogens is 4. The highest BCUT2D eigenvalue weighted by atomic mass is 35.5. The summed E-state index contributed by atoms with van der Waals surface area (Å²) in [5.41, 5.74) is 4.47. The smallest absolute Gasteiger partial charge is 0.272 e. The standard InChI is InChI=1S/C17H20N6O.2ClH/c1-10(16-20-13-5-3-4-6-14(13)23(16)2)19-17(24)15-11-9-18-8-7-12(11)21-22-15;;/h3-6,10,18H,7-9H2,1-2H3,(H,19,24)(H,21,22);2*1H. The quantitative estimate of drug-likeness (QED) is 0.633. The summed E-state index contributed by atoms with van der Waals surface area (Å²) in [5.74, 6) is 0.655. The lowest BCUT2D eigenvalue weighted by molar-refractivity contribution is 0.0931. The zero-order valence-electron chi connectivity index (χ0n) is 14.6. The Bertz CT molecular complexity index is 919. The summed E-state index contributed by atoms with van der Waals surface area (Å²) in [4.78, 5) is 17.3. The number of nitrogens with zero attached hydrogens (tertiary/aromatic N) is 3. The first kappa shape index (κ1) is 20.2. The summed E-state index contributed by atoms with van der Waals surface area (Å²) in [6.07, 6.45) is 0.871. The van der Waals surface area contributed by atoms with Crippen molar-refractivity contribution in [2.24, 2.45) is 7.05 Å². The highest BCUT2D eigenvalue weighted by Crippen LogP contribution is 2.20. The Morgan fingerprint density at radius 1 is 1.31 bits per heavy atom. The molecule has 1 amide bonds. The molecule has 4 rings (SSSR count). The van der Waals surface area contributed by atoms with Gasteiger partial charge in [0, 0.05) is 37.8 Å². The van der Waals surface area contributed by atoms with Crippen LogP contribution in [0.5, 0.6) is 0 Å². The molecule has 0 bridgehead atoms. The van der Waals surface area contributed by atoms with E-state index in [9.17, 15) is 4.79 Å². The predicted molar refractivity (Wildman–Crippen MR) is 105 cm³/mol. The second-order valence-electron chi connectivity index (χ2n) is 6.17. The summed E-state index contributed by atoms with van der Waals surface area (Å²) in [6, 6.07) is 7.74. The molecule has 1 aliphatic rings. The van der Waals surface area contributed by atoms with Gasteiger partial charge in [0.1, 0.15) is 5.82 Å². The van der Waals surface area contributed by atoms with E-state index in [1.807, 2.05) is 42.8 Å². The number of rotatable bonds is 3. The number of hydrogen-bond acceptors (Lipinski definition) is 4. The molecule has 1 atom stereocenters. The molecule has 9 heteroatoms. The molecule has 0 saturated carbocycles. The second-order valence-corrected chi connectivity index (χ2v) is 6.17. The molecule has 3 N–H and O–H groups in total. The fourth-order valence-electron chi connectivity index (χ4n) is 3.29. The van der Waals surface area contributed by atoms with Gasteiger partial charge in [0.25, 0.3) is 5.91 Å². The fraction of sp³-hybridized carbons (Fsp3) is 0.353. The number of fused-ring (bicyclic) bond motifs is 2. The summed E-state index contributed by atoms with van der Waals surface area (Å²) >= 11 is 0. The largest absolute Gasteiger partial charge is 0.341 e. The molecule has 140 valence electrons. The monoisotopic (exact) mass is 396 g/mol. The molecule has 0 spiro atoms. The van der Waals surface area contributed by atoms with Crippen LogP contribution in [0.1, 0.15) is 40.5 Å². The highest BCUT2D eigenvalue weighted by molar-refractivity contribution is 5.94. The van der Waals surface area contributed by atoms with Gasteiger partial charge < -0.3 is 15.2 Å². The van der Waals surface area contributed by atoms with Crippen molar-refractivity contribution in [3.8, 4) is 0 Å². The number of H-pyrrole nitrogens is 1. The zero-order valence-corrected chi connectivity index (χ0v) is 16.2. The maximum absolute atomic E-state index is 12.6. The van der Waals surface area contributed by atoms with Crippen molar-refractivity contribution in [2.45, 2.75) is 25.9 Å². The van der Waals surface area contributed by atoms with Gasteiger partial charge in [-0.15, -0.1) is 24.8 Å². The Labute approximate surface area is 163 Å². The molecule has 1 aromatic carbocycles. The maximum atomic E-state index is 12.6. The van der Waals surface area contributed by atoms with Crippen molar-refractivity contribution >= 4 is 41.8 Å². The average molecular weight is 397 g/mol. The number of halogens is 2. The number of imidazole rings is 1. The first-order valence-corrected chi connectivity index (χ1v) is 8.14.